The van der Waals surface area contributed by atoms with Crippen LogP contribution in [0.3, 0.4) is 0 Å². The van der Waals surface area contributed by atoms with Gasteiger partial charge >= 0.3 is 0 Å². The van der Waals surface area contributed by atoms with Gasteiger partial charge < -0.3 is 9.32 Å². The molecule has 0 aliphatic rings. The summed E-state index contributed by atoms with van der Waals surface area (Å²) >= 11 is 0. The van der Waals surface area contributed by atoms with Gasteiger partial charge in [-0.05, 0) is 29.7 Å². The molecule has 142 valence electrons. The molecule has 2 heteroatoms. The third-order valence-electron chi connectivity index (χ3n) is 5.16. The van der Waals surface area contributed by atoms with E-state index in [1.165, 1.54) is 28.6 Å². The molecule has 0 aliphatic carbocycles. The number of benzene rings is 3. The van der Waals surface area contributed by atoms with Gasteiger partial charge in [-0.15, -0.1) is 0 Å². The lowest BCUT2D eigenvalue weighted by molar-refractivity contribution is 0.558. The van der Waals surface area contributed by atoms with Crippen molar-refractivity contribution in [3.05, 3.63) is 102 Å². The van der Waals surface area contributed by atoms with E-state index in [1.54, 1.807) is 0 Å². The van der Waals surface area contributed by atoms with E-state index in [-0.39, 0.29) is 0 Å². The Morgan fingerprint density at radius 3 is 2.11 bits per heavy atom. The summed E-state index contributed by atoms with van der Waals surface area (Å²) in [4.78, 5) is 2.50. The van der Waals surface area contributed by atoms with Gasteiger partial charge in [0.15, 0.2) is 0 Å². The SMILES string of the molecule is CCCCN(Cc1ccccc1)c1c(Cc2ccccc2)oc2ccccc12. The molecule has 0 amide bonds. The molecule has 0 N–H and O–H groups in total. The lowest BCUT2D eigenvalue weighted by atomic mass is 10.1. The smallest absolute Gasteiger partial charge is 0.136 e. The minimum atomic E-state index is 0.808. The number of anilines is 1. The summed E-state index contributed by atoms with van der Waals surface area (Å²) in [6.45, 7) is 4.17. The topological polar surface area (TPSA) is 16.4 Å². The first-order valence-electron chi connectivity index (χ1n) is 10.2. The first-order valence-corrected chi connectivity index (χ1v) is 10.2. The molecule has 0 saturated carbocycles. The van der Waals surface area contributed by atoms with Gasteiger partial charge in [0.05, 0.1) is 5.69 Å². The van der Waals surface area contributed by atoms with Crippen LogP contribution in [0, 0.1) is 0 Å². The molecule has 0 saturated heterocycles. The number of furan rings is 1. The average molecular weight is 370 g/mol. The average Bonchev–Trinajstić information content (AvgIpc) is 3.10. The monoisotopic (exact) mass is 369 g/mol. The second kappa shape index (κ2) is 8.79. The normalized spacial score (nSPS) is 11.0. The highest BCUT2D eigenvalue weighted by molar-refractivity contribution is 5.93. The van der Waals surface area contributed by atoms with Crippen LogP contribution in [0.25, 0.3) is 11.0 Å². The number of para-hydroxylation sites is 1. The summed E-state index contributed by atoms with van der Waals surface area (Å²) in [5, 5.41) is 1.21. The van der Waals surface area contributed by atoms with E-state index in [2.05, 4.69) is 96.8 Å². The molecule has 0 bridgehead atoms. The summed E-state index contributed by atoms with van der Waals surface area (Å²) in [6.07, 6.45) is 3.15. The quantitative estimate of drug-likeness (QED) is 0.338. The molecule has 1 aromatic heterocycles. The zero-order chi connectivity index (χ0) is 19.2. The Labute approximate surface area is 167 Å². The Bertz CT molecular complexity index is 1000. The predicted octanol–water partition coefficient (Wildman–Crippen LogP) is 6.83. The fourth-order valence-electron chi connectivity index (χ4n) is 3.75. The van der Waals surface area contributed by atoms with Crippen molar-refractivity contribution in [2.45, 2.75) is 32.7 Å². The number of hydrogen-bond donors (Lipinski definition) is 0. The number of rotatable bonds is 8. The van der Waals surface area contributed by atoms with Gasteiger partial charge in [0.25, 0.3) is 0 Å². The lowest BCUT2D eigenvalue weighted by Gasteiger charge is -2.25. The van der Waals surface area contributed by atoms with Crippen LogP contribution in [-0.2, 0) is 13.0 Å². The lowest BCUT2D eigenvalue weighted by Crippen LogP contribution is -2.24. The summed E-state index contributed by atoms with van der Waals surface area (Å²) in [7, 11) is 0. The zero-order valence-electron chi connectivity index (χ0n) is 16.5. The highest BCUT2D eigenvalue weighted by Crippen LogP contribution is 2.36. The fraction of sp³-hybridized carbons (Fsp3) is 0.231. The van der Waals surface area contributed by atoms with Crippen LogP contribution in [0.2, 0.25) is 0 Å². The van der Waals surface area contributed by atoms with Gasteiger partial charge in [0.2, 0.25) is 0 Å². The van der Waals surface area contributed by atoms with Gasteiger partial charge in [0.1, 0.15) is 11.3 Å². The van der Waals surface area contributed by atoms with Crippen LogP contribution in [0.15, 0.2) is 89.3 Å². The van der Waals surface area contributed by atoms with Gasteiger partial charge in [-0.2, -0.15) is 0 Å². The van der Waals surface area contributed by atoms with Crippen molar-refractivity contribution in [3.63, 3.8) is 0 Å². The van der Waals surface area contributed by atoms with Crippen LogP contribution in [0.4, 0.5) is 5.69 Å². The van der Waals surface area contributed by atoms with Crippen molar-refractivity contribution in [2.75, 3.05) is 11.4 Å². The summed E-state index contributed by atoms with van der Waals surface area (Å²) < 4.78 is 6.36. The molecule has 0 fully saturated rings. The third kappa shape index (κ3) is 4.12. The summed E-state index contributed by atoms with van der Waals surface area (Å²) in [6, 6.07) is 29.7. The predicted molar refractivity (Wildman–Crippen MR) is 118 cm³/mol. The van der Waals surface area contributed by atoms with E-state index in [0.29, 0.717) is 0 Å². The van der Waals surface area contributed by atoms with Crippen LogP contribution in [0.5, 0.6) is 0 Å². The molecule has 0 spiro atoms. The molecule has 3 aromatic carbocycles. The van der Waals surface area contributed by atoms with E-state index in [1.807, 2.05) is 0 Å². The van der Waals surface area contributed by atoms with E-state index >= 15 is 0 Å². The van der Waals surface area contributed by atoms with Gasteiger partial charge in [-0.3, -0.25) is 0 Å². The van der Waals surface area contributed by atoms with Gasteiger partial charge in [0, 0.05) is 24.9 Å². The largest absolute Gasteiger partial charge is 0.458 e. The van der Waals surface area contributed by atoms with E-state index < -0.39 is 0 Å². The van der Waals surface area contributed by atoms with Crippen LogP contribution >= 0.6 is 0 Å². The number of unbranched alkanes of at least 4 members (excludes halogenated alkanes) is 1. The minimum Gasteiger partial charge on any atom is -0.458 e. The Morgan fingerprint density at radius 2 is 1.39 bits per heavy atom. The zero-order valence-corrected chi connectivity index (χ0v) is 16.5. The summed E-state index contributed by atoms with van der Waals surface area (Å²) in [5.41, 5.74) is 4.82. The maximum Gasteiger partial charge on any atom is 0.136 e. The Morgan fingerprint density at radius 1 is 0.750 bits per heavy atom. The Kier molecular flexibility index (Phi) is 5.77. The fourth-order valence-corrected chi connectivity index (χ4v) is 3.75. The highest BCUT2D eigenvalue weighted by atomic mass is 16.3. The molecule has 0 atom stereocenters. The van der Waals surface area contributed by atoms with Crippen LogP contribution < -0.4 is 4.90 Å². The van der Waals surface area contributed by atoms with E-state index in [4.69, 9.17) is 4.42 Å². The number of hydrogen-bond acceptors (Lipinski definition) is 2. The molecule has 0 radical (unpaired) electrons. The maximum atomic E-state index is 6.36. The number of nitrogens with zero attached hydrogens (tertiary/aromatic N) is 1. The van der Waals surface area contributed by atoms with Crippen LogP contribution in [-0.4, -0.2) is 6.54 Å². The molecule has 0 aliphatic heterocycles. The highest BCUT2D eigenvalue weighted by Gasteiger charge is 2.20. The Hall–Kier alpha value is -3.00. The first kappa shape index (κ1) is 18.4. The number of fused-ring (bicyclic) bond motifs is 1. The molecule has 28 heavy (non-hydrogen) atoms. The molecule has 0 unspecified atom stereocenters. The standard InChI is InChI=1S/C26H27NO/c1-2-3-18-27(20-22-14-8-5-9-15-22)26-23-16-10-11-17-24(23)28-25(26)19-21-12-6-4-7-13-21/h4-17H,2-3,18-20H2,1H3. The van der Waals surface area contributed by atoms with Gasteiger partial charge in [-0.1, -0.05) is 86.1 Å². The Balaban J connectivity index is 1.77. The summed E-state index contributed by atoms with van der Waals surface area (Å²) in [5.74, 6) is 1.06. The van der Waals surface area contributed by atoms with Crippen molar-refractivity contribution in [1.82, 2.24) is 0 Å². The van der Waals surface area contributed by atoms with Crippen molar-refractivity contribution < 1.29 is 4.42 Å². The molecule has 2 nitrogen and oxygen atoms in total. The van der Waals surface area contributed by atoms with Crippen molar-refractivity contribution in [2.24, 2.45) is 0 Å². The van der Waals surface area contributed by atoms with Crippen molar-refractivity contribution in [1.29, 1.82) is 0 Å². The van der Waals surface area contributed by atoms with Gasteiger partial charge in [-0.25, -0.2) is 0 Å². The molecular weight excluding hydrogens is 342 g/mol. The maximum absolute atomic E-state index is 6.36. The van der Waals surface area contributed by atoms with E-state index in [9.17, 15) is 0 Å². The molecule has 1 heterocycles. The van der Waals surface area contributed by atoms with E-state index in [0.717, 1.165) is 37.3 Å². The first-order chi connectivity index (χ1) is 13.8. The van der Waals surface area contributed by atoms with Crippen molar-refractivity contribution >= 4 is 16.7 Å². The van der Waals surface area contributed by atoms with Crippen molar-refractivity contribution in [3.8, 4) is 0 Å². The molecule has 4 aromatic rings. The van der Waals surface area contributed by atoms with Crippen LogP contribution in [0.1, 0.15) is 36.7 Å². The second-order valence-electron chi connectivity index (χ2n) is 7.29. The molecule has 4 rings (SSSR count). The second-order valence-corrected chi connectivity index (χ2v) is 7.29. The minimum absolute atomic E-state index is 0.808. The third-order valence-corrected chi connectivity index (χ3v) is 5.16. The molecular formula is C26H27NO.